The van der Waals surface area contributed by atoms with Crippen LogP contribution in [0.3, 0.4) is 0 Å². The molecule has 0 fully saturated rings. The van der Waals surface area contributed by atoms with Gasteiger partial charge in [-0.2, -0.15) is 0 Å². The van der Waals surface area contributed by atoms with Crippen LogP contribution in [0.5, 0.6) is 0 Å². The van der Waals surface area contributed by atoms with E-state index in [0.29, 0.717) is 10.7 Å². The fourth-order valence-electron chi connectivity index (χ4n) is 1.71. The van der Waals surface area contributed by atoms with Crippen LogP contribution in [-0.4, -0.2) is 18.1 Å². The molecule has 0 unspecified atom stereocenters. The minimum atomic E-state index is -0.318. The van der Waals surface area contributed by atoms with E-state index in [1.54, 1.807) is 6.07 Å². The van der Waals surface area contributed by atoms with Crippen LogP contribution in [0.25, 0.3) is 10.9 Å². The molecule has 0 radical (unpaired) electrons. The topological polar surface area (TPSA) is 39.2 Å². The smallest absolute Gasteiger partial charge is 0.311 e. The van der Waals surface area contributed by atoms with Gasteiger partial charge in [0.2, 0.25) is 0 Å². The molecular formula is C13H12ClNO2. The lowest BCUT2D eigenvalue weighted by Crippen LogP contribution is -2.06. The molecule has 1 aromatic carbocycles. The molecule has 4 heteroatoms. The highest BCUT2D eigenvalue weighted by Crippen LogP contribution is 2.25. The fraction of sp³-hybridized carbons (Fsp3) is 0.231. The van der Waals surface area contributed by atoms with Crippen molar-refractivity contribution in [3.63, 3.8) is 0 Å². The summed E-state index contributed by atoms with van der Waals surface area (Å²) in [6.07, 6.45) is 0.139. The highest BCUT2D eigenvalue weighted by Gasteiger charge is 2.09. The van der Waals surface area contributed by atoms with Gasteiger partial charge in [-0.25, -0.2) is 0 Å². The van der Waals surface area contributed by atoms with Crippen molar-refractivity contribution in [3.05, 3.63) is 40.5 Å². The van der Waals surface area contributed by atoms with Crippen LogP contribution in [0.15, 0.2) is 24.3 Å². The van der Waals surface area contributed by atoms with E-state index in [1.807, 2.05) is 25.1 Å². The third kappa shape index (κ3) is 2.39. The second-order valence-corrected chi connectivity index (χ2v) is 4.23. The number of rotatable bonds is 2. The summed E-state index contributed by atoms with van der Waals surface area (Å²) in [6.45, 7) is 1.97. The predicted octanol–water partition coefficient (Wildman–Crippen LogP) is 2.91. The predicted molar refractivity (Wildman–Crippen MR) is 67.2 cm³/mol. The first-order chi connectivity index (χ1) is 8.11. The van der Waals surface area contributed by atoms with Crippen molar-refractivity contribution in [2.24, 2.45) is 0 Å². The minimum absolute atomic E-state index is 0.139. The first kappa shape index (κ1) is 11.9. The standard InChI is InChI=1S/C13H12ClNO2/c1-8-4-3-5-10-11(14)6-9(15-13(8)10)7-12(16)17-2/h3-6H,7H2,1-2H3. The fourth-order valence-corrected chi connectivity index (χ4v) is 1.99. The van der Waals surface area contributed by atoms with Crippen LogP contribution in [0.4, 0.5) is 0 Å². The number of pyridine rings is 1. The summed E-state index contributed by atoms with van der Waals surface area (Å²) in [5, 5.41) is 1.51. The molecule has 0 aliphatic rings. The molecule has 0 saturated heterocycles. The highest BCUT2D eigenvalue weighted by atomic mass is 35.5. The van der Waals surface area contributed by atoms with Crippen LogP contribution in [-0.2, 0) is 16.0 Å². The molecule has 1 aromatic heterocycles. The number of ether oxygens (including phenoxy) is 1. The summed E-state index contributed by atoms with van der Waals surface area (Å²) in [6, 6.07) is 7.53. The summed E-state index contributed by atoms with van der Waals surface area (Å²) in [5.74, 6) is -0.318. The Labute approximate surface area is 104 Å². The molecule has 2 aromatic rings. The third-order valence-corrected chi connectivity index (χ3v) is 2.91. The first-order valence-electron chi connectivity index (χ1n) is 5.23. The third-order valence-electron chi connectivity index (χ3n) is 2.60. The van der Waals surface area contributed by atoms with E-state index >= 15 is 0 Å². The zero-order valence-electron chi connectivity index (χ0n) is 9.66. The maximum absolute atomic E-state index is 11.2. The van der Waals surface area contributed by atoms with Gasteiger partial charge >= 0.3 is 5.97 Å². The monoisotopic (exact) mass is 249 g/mol. The molecule has 0 saturated carbocycles. The normalized spacial score (nSPS) is 10.5. The lowest BCUT2D eigenvalue weighted by atomic mass is 10.1. The molecule has 17 heavy (non-hydrogen) atoms. The van der Waals surface area contributed by atoms with Gasteiger partial charge in [0.05, 0.1) is 29.8 Å². The van der Waals surface area contributed by atoms with E-state index < -0.39 is 0 Å². The van der Waals surface area contributed by atoms with Crippen LogP contribution >= 0.6 is 11.6 Å². The first-order valence-corrected chi connectivity index (χ1v) is 5.61. The Hall–Kier alpha value is -1.61. The number of methoxy groups -OCH3 is 1. The Balaban J connectivity index is 2.54. The van der Waals surface area contributed by atoms with Gasteiger partial charge in [-0.1, -0.05) is 29.8 Å². The molecule has 0 bridgehead atoms. The minimum Gasteiger partial charge on any atom is -0.469 e. The number of para-hydroxylation sites is 1. The average molecular weight is 250 g/mol. The quantitative estimate of drug-likeness (QED) is 0.769. The molecule has 0 amide bonds. The van der Waals surface area contributed by atoms with Crippen LogP contribution in [0, 0.1) is 6.92 Å². The largest absolute Gasteiger partial charge is 0.469 e. The van der Waals surface area contributed by atoms with Crippen molar-refractivity contribution >= 4 is 28.5 Å². The van der Waals surface area contributed by atoms with Gasteiger partial charge in [-0.15, -0.1) is 0 Å². The zero-order chi connectivity index (χ0) is 12.4. The maximum atomic E-state index is 11.2. The summed E-state index contributed by atoms with van der Waals surface area (Å²) in [7, 11) is 1.36. The van der Waals surface area contributed by atoms with Gasteiger partial charge in [-0.3, -0.25) is 9.78 Å². The van der Waals surface area contributed by atoms with E-state index in [1.165, 1.54) is 7.11 Å². The number of aromatic nitrogens is 1. The number of benzene rings is 1. The molecule has 0 atom stereocenters. The van der Waals surface area contributed by atoms with Gasteiger partial charge in [0.1, 0.15) is 0 Å². The van der Waals surface area contributed by atoms with Crippen molar-refractivity contribution in [2.45, 2.75) is 13.3 Å². The van der Waals surface area contributed by atoms with Crippen LogP contribution in [0.2, 0.25) is 5.02 Å². The Bertz CT molecular complexity index is 581. The van der Waals surface area contributed by atoms with Gasteiger partial charge < -0.3 is 4.74 Å². The summed E-state index contributed by atoms with van der Waals surface area (Å²) in [5.41, 5.74) is 2.50. The van der Waals surface area contributed by atoms with E-state index in [0.717, 1.165) is 16.5 Å². The average Bonchev–Trinajstić information content (AvgIpc) is 2.30. The Morgan fingerprint density at radius 3 is 2.94 bits per heavy atom. The number of esters is 1. The van der Waals surface area contributed by atoms with Crippen molar-refractivity contribution in [1.29, 1.82) is 0 Å². The lowest BCUT2D eigenvalue weighted by molar-refractivity contribution is -0.139. The maximum Gasteiger partial charge on any atom is 0.311 e. The van der Waals surface area contributed by atoms with Crippen LogP contribution < -0.4 is 0 Å². The summed E-state index contributed by atoms with van der Waals surface area (Å²) in [4.78, 5) is 15.6. The second-order valence-electron chi connectivity index (χ2n) is 3.82. The van der Waals surface area contributed by atoms with Gasteiger partial charge in [0.15, 0.2) is 0 Å². The van der Waals surface area contributed by atoms with Crippen molar-refractivity contribution in [2.75, 3.05) is 7.11 Å². The summed E-state index contributed by atoms with van der Waals surface area (Å²) < 4.78 is 4.61. The second kappa shape index (κ2) is 4.72. The molecule has 88 valence electrons. The molecule has 0 spiro atoms. The number of halogens is 1. The van der Waals surface area contributed by atoms with E-state index in [9.17, 15) is 4.79 Å². The molecule has 0 aliphatic carbocycles. The number of carbonyl (C=O) groups is 1. The lowest BCUT2D eigenvalue weighted by Gasteiger charge is -2.06. The molecule has 0 aliphatic heterocycles. The van der Waals surface area contributed by atoms with Crippen LogP contribution in [0.1, 0.15) is 11.3 Å². The number of carbonyl (C=O) groups excluding carboxylic acids is 1. The Morgan fingerprint density at radius 1 is 1.47 bits per heavy atom. The number of hydrogen-bond donors (Lipinski definition) is 0. The van der Waals surface area contributed by atoms with E-state index in [2.05, 4.69) is 9.72 Å². The van der Waals surface area contributed by atoms with Gasteiger partial charge in [0.25, 0.3) is 0 Å². The van der Waals surface area contributed by atoms with Crippen molar-refractivity contribution < 1.29 is 9.53 Å². The number of aryl methyl sites for hydroxylation is 1. The SMILES string of the molecule is COC(=O)Cc1cc(Cl)c2cccc(C)c2n1. The molecule has 0 N–H and O–H groups in total. The molecular weight excluding hydrogens is 238 g/mol. The summed E-state index contributed by atoms with van der Waals surface area (Å²) >= 11 is 6.17. The van der Waals surface area contributed by atoms with E-state index in [4.69, 9.17) is 11.6 Å². The molecule has 1 heterocycles. The zero-order valence-corrected chi connectivity index (χ0v) is 10.4. The Morgan fingerprint density at radius 2 is 2.24 bits per heavy atom. The van der Waals surface area contributed by atoms with Gasteiger partial charge in [-0.05, 0) is 18.6 Å². The van der Waals surface area contributed by atoms with Crippen molar-refractivity contribution in [1.82, 2.24) is 4.98 Å². The van der Waals surface area contributed by atoms with Gasteiger partial charge in [0, 0.05) is 5.39 Å². The Kier molecular flexibility index (Phi) is 3.29. The number of fused-ring (bicyclic) bond motifs is 1. The number of hydrogen-bond acceptors (Lipinski definition) is 3. The highest BCUT2D eigenvalue weighted by molar-refractivity contribution is 6.35. The van der Waals surface area contributed by atoms with Crippen molar-refractivity contribution in [3.8, 4) is 0 Å². The molecule has 2 rings (SSSR count). The van der Waals surface area contributed by atoms with E-state index in [-0.39, 0.29) is 12.4 Å². The molecule has 3 nitrogen and oxygen atoms in total. The number of nitrogens with zero attached hydrogens (tertiary/aromatic N) is 1.